The zero-order chi connectivity index (χ0) is 12.4. The second-order valence-corrected chi connectivity index (χ2v) is 5.82. The summed E-state index contributed by atoms with van der Waals surface area (Å²) in [6.45, 7) is 5.71. The van der Waals surface area contributed by atoms with Crippen molar-refractivity contribution in [2.24, 2.45) is 5.41 Å². The Hall–Kier alpha value is -1.04. The van der Waals surface area contributed by atoms with Gasteiger partial charge >= 0.3 is 0 Å². The highest BCUT2D eigenvalue weighted by Gasteiger charge is 2.41. The van der Waals surface area contributed by atoms with Gasteiger partial charge in [0.2, 0.25) is 5.91 Å². The topological polar surface area (TPSA) is 44.1 Å². The normalized spacial score (nSPS) is 19.9. The maximum absolute atomic E-state index is 12.2. The van der Waals surface area contributed by atoms with Crippen LogP contribution < -0.4 is 0 Å². The van der Waals surface area contributed by atoms with Gasteiger partial charge < -0.3 is 4.90 Å². The van der Waals surface area contributed by atoms with Crippen LogP contribution in [-0.4, -0.2) is 23.4 Å². The Morgan fingerprint density at radius 2 is 1.75 bits per heavy atom. The van der Waals surface area contributed by atoms with Crippen LogP contribution in [0.4, 0.5) is 0 Å². The summed E-state index contributed by atoms with van der Waals surface area (Å²) in [5.74, 6) is 0.0657. The fraction of sp³-hybridized carbons (Fsp3) is 0.846. The highest BCUT2D eigenvalue weighted by atomic mass is 16.2. The van der Waals surface area contributed by atoms with Gasteiger partial charge in [-0.1, -0.05) is 40.0 Å². The van der Waals surface area contributed by atoms with E-state index in [-0.39, 0.29) is 5.91 Å². The van der Waals surface area contributed by atoms with E-state index < -0.39 is 11.0 Å². The Balaban J connectivity index is 2.89. The molecular weight excluding hydrogens is 200 g/mol. The van der Waals surface area contributed by atoms with Crippen LogP contribution >= 0.6 is 0 Å². The molecule has 1 aliphatic rings. The van der Waals surface area contributed by atoms with Gasteiger partial charge in [0.15, 0.2) is 0 Å². The highest BCUT2D eigenvalue weighted by Crippen LogP contribution is 2.34. The van der Waals surface area contributed by atoms with Crippen molar-refractivity contribution in [2.75, 3.05) is 7.05 Å². The second kappa shape index (κ2) is 4.45. The first-order valence-electron chi connectivity index (χ1n) is 6.03. The van der Waals surface area contributed by atoms with Crippen LogP contribution in [0, 0.1) is 16.7 Å². The van der Waals surface area contributed by atoms with Crippen molar-refractivity contribution in [3.8, 4) is 6.07 Å². The summed E-state index contributed by atoms with van der Waals surface area (Å²) in [4.78, 5) is 13.9. The number of hydrogen-bond donors (Lipinski definition) is 0. The Morgan fingerprint density at radius 1 is 1.25 bits per heavy atom. The van der Waals surface area contributed by atoms with Crippen LogP contribution in [-0.2, 0) is 4.79 Å². The third-order valence-corrected chi connectivity index (χ3v) is 3.48. The summed E-state index contributed by atoms with van der Waals surface area (Å²) < 4.78 is 0. The molecule has 1 amide bonds. The molecule has 0 saturated heterocycles. The lowest BCUT2D eigenvalue weighted by Gasteiger charge is -2.41. The molecular formula is C13H22N2O. The van der Waals surface area contributed by atoms with E-state index in [2.05, 4.69) is 6.07 Å². The summed E-state index contributed by atoms with van der Waals surface area (Å²) in [6.07, 6.45) is 4.93. The van der Waals surface area contributed by atoms with Crippen molar-refractivity contribution in [1.82, 2.24) is 4.90 Å². The average molecular weight is 222 g/mol. The molecule has 1 rings (SSSR count). The smallest absolute Gasteiger partial charge is 0.228 e. The van der Waals surface area contributed by atoms with Crippen molar-refractivity contribution < 1.29 is 4.79 Å². The van der Waals surface area contributed by atoms with E-state index in [9.17, 15) is 10.1 Å². The number of amides is 1. The summed E-state index contributed by atoms with van der Waals surface area (Å²) in [7, 11) is 1.78. The molecule has 0 radical (unpaired) electrons. The number of nitriles is 1. The number of carbonyl (C=O) groups excluding carboxylic acids is 1. The van der Waals surface area contributed by atoms with Gasteiger partial charge in [0.25, 0.3) is 0 Å². The fourth-order valence-electron chi connectivity index (χ4n) is 2.36. The number of rotatable bonds is 1. The molecule has 0 heterocycles. The molecule has 0 aliphatic heterocycles. The fourth-order valence-corrected chi connectivity index (χ4v) is 2.36. The molecule has 1 fully saturated rings. The van der Waals surface area contributed by atoms with Gasteiger partial charge in [-0.2, -0.15) is 5.26 Å². The van der Waals surface area contributed by atoms with Crippen molar-refractivity contribution in [1.29, 1.82) is 5.26 Å². The molecule has 0 aromatic rings. The van der Waals surface area contributed by atoms with Crippen LogP contribution in [0.25, 0.3) is 0 Å². The zero-order valence-corrected chi connectivity index (χ0v) is 10.8. The third-order valence-electron chi connectivity index (χ3n) is 3.48. The number of nitrogens with zero attached hydrogens (tertiary/aromatic N) is 2. The molecule has 0 bridgehead atoms. The molecule has 1 aliphatic carbocycles. The van der Waals surface area contributed by atoms with E-state index in [1.807, 2.05) is 20.8 Å². The van der Waals surface area contributed by atoms with Gasteiger partial charge in [-0.3, -0.25) is 4.79 Å². The Labute approximate surface area is 98.4 Å². The van der Waals surface area contributed by atoms with E-state index in [1.165, 1.54) is 6.42 Å². The van der Waals surface area contributed by atoms with Crippen molar-refractivity contribution in [3.63, 3.8) is 0 Å². The Morgan fingerprint density at radius 3 is 2.12 bits per heavy atom. The SMILES string of the molecule is CN(C(=O)C(C)(C)C)C1(C#N)CCCCC1. The van der Waals surface area contributed by atoms with E-state index >= 15 is 0 Å². The number of hydrogen-bond acceptors (Lipinski definition) is 2. The van der Waals surface area contributed by atoms with E-state index in [0.29, 0.717) is 0 Å². The minimum atomic E-state index is -0.553. The molecule has 0 atom stereocenters. The Bertz CT molecular complexity index is 303. The van der Waals surface area contributed by atoms with Gasteiger partial charge in [0, 0.05) is 12.5 Å². The van der Waals surface area contributed by atoms with E-state index in [0.717, 1.165) is 25.7 Å². The molecule has 90 valence electrons. The Kier molecular flexibility index (Phi) is 3.62. The number of carbonyl (C=O) groups is 1. The summed E-state index contributed by atoms with van der Waals surface area (Å²) in [5.41, 5.74) is -0.960. The molecule has 0 aromatic carbocycles. The third kappa shape index (κ3) is 2.37. The van der Waals surface area contributed by atoms with Crippen molar-refractivity contribution in [2.45, 2.75) is 58.4 Å². The van der Waals surface area contributed by atoms with Gasteiger partial charge in [-0.15, -0.1) is 0 Å². The molecule has 3 heteroatoms. The summed E-state index contributed by atoms with van der Waals surface area (Å²) >= 11 is 0. The lowest BCUT2D eigenvalue weighted by Crippen LogP contribution is -2.53. The van der Waals surface area contributed by atoms with Crippen LogP contribution in [0.5, 0.6) is 0 Å². The van der Waals surface area contributed by atoms with Crippen LogP contribution in [0.3, 0.4) is 0 Å². The predicted molar refractivity (Wildman–Crippen MR) is 63.7 cm³/mol. The van der Waals surface area contributed by atoms with Crippen LogP contribution in [0.2, 0.25) is 0 Å². The van der Waals surface area contributed by atoms with E-state index in [1.54, 1.807) is 11.9 Å². The largest absolute Gasteiger partial charge is 0.327 e. The van der Waals surface area contributed by atoms with Gasteiger partial charge in [-0.25, -0.2) is 0 Å². The van der Waals surface area contributed by atoms with Gasteiger partial charge in [0.05, 0.1) is 6.07 Å². The molecule has 0 N–H and O–H groups in total. The molecule has 16 heavy (non-hydrogen) atoms. The van der Waals surface area contributed by atoms with Gasteiger partial charge in [0.1, 0.15) is 5.54 Å². The van der Waals surface area contributed by atoms with Gasteiger partial charge in [-0.05, 0) is 12.8 Å². The first-order valence-corrected chi connectivity index (χ1v) is 6.03. The highest BCUT2D eigenvalue weighted by molar-refractivity contribution is 5.82. The average Bonchev–Trinajstić information content (AvgIpc) is 2.26. The first-order chi connectivity index (χ1) is 7.33. The molecule has 0 unspecified atom stereocenters. The van der Waals surface area contributed by atoms with Crippen LogP contribution in [0.15, 0.2) is 0 Å². The molecule has 0 aromatic heterocycles. The van der Waals surface area contributed by atoms with E-state index in [4.69, 9.17) is 0 Å². The molecule has 0 spiro atoms. The zero-order valence-electron chi connectivity index (χ0n) is 10.8. The predicted octanol–water partition coefficient (Wildman–Crippen LogP) is 2.72. The quantitative estimate of drug-likeness (QED) is 0.684. The van der Waals surface area contributed by atoms with Crippen molar-refractivity contribution >= 4 is 5.91 Å². The monoisotopic (exact) mass is 222 g/mol. The maximum Gasteiger partial charge on any atom is 0.228 e. The first kappa shape index (κ1) is 13.0. The standard InChI is InChI=1S/C13H22N2O/c1-12(2,3)11(16)15(4)13(10-14)8-6-5-7-9-13/h5-9H2,1-4H3. The summed E-state index contributed by atoms with van der Waals surface area (Å²) in [5, 5.41) is 9.38. The molecule has 3 nitrogen and oxygen atoms in total. The summed E-state index contributed by atoms with van der Waals surface area (Å²) in [6, 6.07) is 2.38. The minimum Gasteiger partial charge on any atom is -0.327 e. The van der Waals surface area contributed by atoms with Crippen LogP contribution in [0.1, 0.15) is 52.9 Å². The minimum absolute atomic E-state index is 0.0657. The molecule has 1 saturated carbocycles. The second-order valence-electron chi connectivity index (χ2n) is 5.82. The lowest BCUT2D eigenvalue weighted by atomic mass is 9.80. The lowest BCUT2D eigenvalue weighted by molar-refractivity contribution is -0.143. The van der Waals surface area contributed by atoms with Crippen molar-refractivity contribution in [3.05, 3.63) is 0 Å². The maximum atomic E-state index is 12.2.